The highest BCUT2D eigenvalue weighted by Gasteiger charge is 2.08. The molecule has 2 rings (SSSR count). The molecule has 0 amide bonds. The summed E-state index contributed by atoms with van der Waals surface area (Å²) in [5, 5.41) is 0. The van der Waals surface area contributed by atoms with Crippen LogP contribution >= 0.6 is 12.2 Å². The van der Waals surface area contributed by atoms with Crippen molar-refractivity contribution < 1.29 is 0 Å². The summed E-state index contributed by atoms with van der Waals surface area (Å²) in [5.41, 5.74) is 3.30. The molecule has 0 spiro atoms. The fourth-order valence-electron chi connectivity index (χ4n) is 1.90. The van der Waals surface area contributed by atoms with Crippen LogP contribution in [0.1, 0.15) is 36.8 Å². The van der Waals surface area contributed by atoms with Gasteiger partial charge >= 0.3 is 0 Å². The molecule has 3 nitrogen and oxygen atoms in total. The first-order valence-electron chi connectivity index (χ1n) is 5.78. The first-order chi connectivity index (χ1) is 8.08. The van der Waals surface area contributed by atoms with Gasteiger partial charge in [0, 0.05) is 17.6 Å². The van der Waals surface area contributed by atoms with Crippen LogP contribution in [0.3, 0.4) is 0 Å². The van der Waals surface area contributed by atoms with E-state index < -0.39 is 0 Å². The van der Waals surface area contributed by atoms with Crippen LogP contribution in [0, 0.1) is 11.7 Å². The predicted octanol–water partition coefficient (Wildman–Crippen LogP) is 3.42. The van der Waals surface area contributed by atoms with E-state index >= 15 is 0 Å². The van der Waals surface area contributed by atoms with Gasteiger partial charge < -0.3 is 9.55 Å². The molecule has 90 valence electrons. The molecular formula is C13H17N3S. The minimum atomic E-state index is 0.452. The van der Waals surface area contributed by atoms with Crippen molar-refractivity contribution >= 4 is 12.2 Å². The molecule has 4 heteroatoms. The van der Waals surface area contributed by atoms with Gasteiger partial charge in [-0.3, -0.25) is 4.98 Å². The SMILES string of the molecule is Cc1cccc(Cn2c(C(C)C)c[nH]c2=S)n1. The molecule has 0 radical (unpaired) electrons. The summed E-state index contributed by atoms with van der Waals surface area (Å²) in [6, 6.07) is 6.07. The summed E-state index contributed by atoms with van der Waals surface area (Å²) in [4.78, 5) is 7.61. The van der Waals surface area contributed by atoms with Gasteiger partial charge in [-0.15, -0.1) is 0 Å². The van der Waals surface area contributed by atoms with E-state index in [-0.39, 0.29) is 0 Å². The van der Waals surface area contributed by atoms with Gasteiger partial charge in [-0.25, -0.2) is 0 Å². The van der Waals surface area contributed by atoms with E-state index in [1.54, 1.807) is 0 Å². The molecule has 1 N–H and O–H groups in total. The molecule has 0 unspecified atom stereocenters. The first kappa shape index (κ1) is 12.0. The summed E-state index contributed by atoms with van der Waals surface area (Å²) < 4.78 is 2.87. The molecule has 0 fully saturated rings. The molecule has 0 atom stereocenters. The molecule has 0 aliphatic carbocycles. The third-order valence-electron chi connectivity index (χ3n) is 2.76. The Morgan fingerprint density at radius 1 is 1.41 bits per heavy atom. The lowest BCUT2D eigenvalue weighted by Crippen LogP contribution is -2.07. The van der Waals surface area contributed by atoms with Crippen LogP contribution in [0.15, 0.2) is 24.4 Å². The van der Waals surface area contributed by atoms with E-state index in [0.29, 0.717) is 5.92 Å². The number of pyridine rings is 1. The van der Waals surface area contributed by atoms with Gasteiger partial charge in [-0.1, -0.05) is 19.9 Å². The van der Waals surface area contributed by atoms with Crippen LogP contribution in [0.4, 0.5) is 0 Å². The number of imidazole rings is 1. The van der Waals surface area contributed by atoms with Gasteiger partial charge in [-0.05, 0) is 37.2 Å². The number of hydrogen-bond donors (Lipinski definition) is 1. The smallest absolute Gasteiger partial charge is 0.177 e. The van der Waals surface area contributed by atoms with Crippen molar-refractivity contribution in [1.29, 1.82) is 0 Å². The molecular weight excluding hydrogens is 230 g/mol. The number of nitrogens with zero attached hydrogens (tertiary/aromatic N) is 2. The monoisotopic (exact) mass is 247 g/mol. The lowest BCUT2D eigenvalue weighted by atomic mass is 10.1. The summed E-state index contributed by atoms with van der Waals surface area (Å²) in [6.07, 6.45) is 1.99. The molecule has 0 saturated carbocycles. The Labute approximate surface area is 107 Å². The van der Waals surface area contributed by atoms with Gasteiger partial charge in [-0.2, -0.15) is 0 Å². The first-order valence-corrected chi connectivity index (χ1v) is 6.19. The van der Waals surface area contributed by atoms with Crippen LogP contribution in [-0.2, 0) is 6.54 Å². The number of aromatic amines is 1. The van der Waals surface area contributed by atoms with Gasteiger partial charge in [0.2, 0.25) is 0 Å². The van der Waals surface area contributed by atoms with E-state index in [9.17, 15) is 0 Å². The van der Waals surface area contributed by atoms with Crippen LogP contribution in [0.25, 0.3) is 0 Å². The fraction of sp³-hybridized carbons (Fsp3) is 0.385. The number of aryl methyl sites for hydroxylation is 1. The van der Waals surface area contributed by atoms with E-state index in [2.05, 4.69) is 28.4 Å². The van der Waals surface area contributed by atoms with E-state index in [1.807, 2.05) is 31.3 Å². The van der Waals surface area contributed by atoms with E-state index in [4.69, 9.17) is 12.2 Å². The molecule has 17 heavy (non-hydrogen) atoms. The number of aromatic nitrogens is 3. The minimum absolute atomic E-state index is 0.452. The molecule has 2 aromatic rings. The molecule has 2 aromatic heterocycles. The van der Waals surface area contributed by atoms with Crippen molar-refractivity contribution in [2.24, 2.45) is 0 Å². The molecule has 0 aromatic carbocycles. The third kappa shape index (κ3) is 2.64. The Hall–Kier alpha value is -1.42. The molecule has 0 aliphatic heterocycles. The quantitative estimate of drug-likeness (QED) is 0.843. The van der Waals surface area contributed by atoms with Crippen molar-refractivity contribution in [3.05, 3.63) is 46.2 Å². The second-order valence-corrected chi connectivity index (χ2v) is 4.92. The number of rotatable bonds is 3. The highest BCUT2D eigenvalue weighted by atomic mass is 32.1. The average molecular weight is 247 g/mol. The Bertz CT molecular complexity index is 566. The van der Waals surface area contributed by atoms with Crippen molar-refractivity contribution in [1.82, 2.24) is 14.5 Å². The standard InChI is InChI=1S/C13H17N3S/c1-9(2)12-7-14-13(17)16(12)8-11-6-4-5-10(3)15-11/h4-7,9H,8H2,1-3H3,(H,14,17). The van der Waals surface area contributed by atoms with Crippen LogP contribution in [0.2, 0.25) is 0 Å². The molecule has 2 heterocycles. The van der Waals surface area contributed by atoms with Gasteiger partial charge in [0.15, 0.2) is 4.77 Å². The summed E-state index contributed by atoms with van der Waals surface area (Å²) >= 11 is 5.30. The summed E-state index contributed by atoms with van der Waals surface area (Å²) in [7, 11) is 0. The highest BCUT2D eigenvalue weighted by molar-refractivity contribution is 7.71. The largest absolute Gasteiger partial charge is 0.337 e. The molecule has 0 aliphatic rings. The van der Waals surface area contributed by atoms with E-state index in [0.717, 1.165) is 22.7 Å². The third-order valence-corrected chi connectivity index (χ3v) is 3.10. The highest BCUT2D eigenvalue weighted by Crippen LogP contribution is 2.15. The molecule has 0 saturated heterocycles. The second-order valence-electron chi connectivity index (χ2n) is 4.53. The van der Waals surface area contributed by atoms with Crippen molar-refractivity contribution in [3.63, 3.8) is 0 Å². The number of nitrogens with one attached hydrogen (secondary N) is 1. The zero-order valence-electron chi connectivity index (χ0n) is 10.4. The Morgan fingerprint density at radius 3 is 2.82 bits per heavy atom. The van der Waals surface area contributed by atoms with Crippen molar-refractivity contribution in [2.45, 2.75) is 33.2 Å². The van der Waals surface area contributed by atoms with Gasteiger partial charge in [0.1, 0.15) is 0 Å². The van der Waals surface area contributed by atoms with Crippen LogP contribution in [-0.4, -0.2) is 14.5 Å². The van der Waals surface area contributed by atoms with Gasteiger partial charge in [0.05, 0.1) is 12.2 Å². The molecule has 0 bridgehead atoms. The van der Waals surface area contributed by atoms with Gasteiger partial charge in [0.25, 0.3) is 0 Å². The van der Waals surface area contributed by atoms with Crippen LogP contribution < -0.4 is 0 Å². The Balaban J connectivity index is 2.36. The average Bonchev–Trinajstić information content (AvgIpc) is 2.61. The lowest BCUT2D eigenvalue weighted by molar-refractivity contribution is 0.673. The summed E-state index contributed by atoms with van der Waals surface area (Å²) in [6.45, 7) is 7.07. The van der Waals surface area contributed by atoms with E-state index in [1.165, 1.54) is 5.69 Å². The van der Waals surface area contributed by atoms with Crippen molar-refractivity contribution in [3.8, 4) is 0 Å². The lowest BCUT2D eigenvalue weighted by Gasteiger charge is -2.10. The normalized spacial score (nSPS) is 11.1. The predicted molar refractivity (Wildman–Crippen MR) is 71.8 cm³/mol. The zero-order chi connectivity index (χ0) is 12.4. The Morgan fingerprint density at radius 2 is 2.18 bits per heavy atom. The number of hydrogen-bond acceptors (Lipinski definition) is 2. The maximum absolute atomic E-state index is 5.30. The minimum Gasteiger partial charge on any atom is -0.337 e. The van der Waals surface area contributed by atoms with Crippen LogP contribution in [0.5, 0.6) is 0 Å². The van der Waals surface area contributed by atoms with Crippen molar-refractivity contribution in [2.75, 3.05) is 0 Å². The Kier molecular flexibility index (Phi) is 3.43. The zero-order valence-corrected chi connectivity index (χ0v) is 11.2. The fourth-order valence-corrected chi connectivity index (χ4v) is 2.13. The number of H-pyrrole nitrogens is 1. The maximum Gasteiger partial charge on any atom is 0.177 e. The maximum atomic E-state index is 5.30. The topological polar surface area (TPSA) is 33.6 Å². The summed E-state index contributed by atoms with van der Waals surface area (Å²) in [5.74, 6) is 0.452. The second kappa shape index (κ2) is 4.84.